The van der Waals surface area contributed by atoms with Gasteiger partial charge in [-0.1, -0.05) is 22.0 Å². The fourth-order valence-electron chi connectivity index (χ4n) is 1.45. The van der Waals surface area contributed by atoms with E-state index in [1.54, 1.807) is 30.6 Å². The van der Waals surface area contributed by atoms with E-state index in [0.29, 0.717) is 10.0 Å². The zero-order chi connectivity index (χ0) is 13.2. The SMILES string of the molecule is FC(F)(F)Oc1cc(Br)ccc1Cn1cccn1. The molecule has 0 atom stereocenters. The minimum absolute atomic E-state index is 0.214. The van der Waals surface area contributed by atoms with E-state index < -0.39 is 6.36 Å². The summed E-state index contributed by atoms with van der Waals surface area (Å²) in [7, 11) is 0. The van der Waals surface area contributed by atoms with Crippen LogP contribution in [0.25, 0.3) is 0 Å². The first-order valence-electron chi connectivity index (χ1n) is 4.96. The third-order valence-electron chi connectivity index (χ3n) is 2.15. The quantitative estimate of drug-likeness (QED) is 0.864. The highest BCUT2D eigenvalue weighted by molar-refractivity contribution is 9.10. The Bertz CT molecular complexity index is 526. The Kier molecular flexibility index (Phi) is 3.60. The van der Waals surface area contributed by atoms with E-state index in [0.717, 1.165) is 0 Å². The van der Waals surface area contributed by atoms with Crippen LogP contribution in [0.3, 0.4) is 0 Å². The average Bonchev–Trinajstić information content (AvgIpc) is 2.72. The van der Waals surface area contributed by atoms with E-state index in [1.807, 2.05) is 0 Å². The molecular formula is C11H8BrF3N2O. The highest BCUT2D eigenvalue weighted by atomic mass is 79.9. The molecule has 7 heteroatoms. The first kappa shape index (κ1) is 12.9. The Morgan fingerprint density at radius 3 is 2.72 bits per heavy atom. The molecule has 0 unspecified atom stereocenters. The van der Waals surface area contributed by atoms with Crippen molar-refractivity contribution in [3.8, 4) is 5.75 Å². The molecular weight excluding hydrogens is 313 g/mol. The van der Waals surface area contributed by atoms with Gasteiger partial charge in [0, 0.05) is 22.4 Å². The lowest BCUT2D eigenvalue weighted by atomic mass is 10.2. The summed E-state index contributed by atoms with van der Waals surface area (Å²) < 4.78 is 42.8. The van der Waals surface area contributed by atoms with Crippen LogP contribution >= 0.6 is 15.9 Å². The predicted molar refractivity (Wildman–Crippen MR) is 62.2 cm³/mol. The Morgan fingerprint density at radius 1 is 1.33 bits per heavy atom. The molecule has 0 aliphatic heterocycles. The summed E-state index contributed by atoms with van der Waals surface area (Å²) in [5, 5.41) is 3.94. The first-order chi connectivity index (χ1) is 8.44. The van der Waals surface area contributed by atoms with Crippen molar-refractivity contribution in [3.05, 3.63) is 46.7 Å². The number of nitrogens with zero attached hydrogens (tertiary/aromatic N) is 2. The fraction of sp³-hybridized carbons (Fsp3) is 0.182. The molecule has 2 rings (SSSR count). The molecule has 0 fully saturated rings. The third-order valence-corrected chi connectivity index (χ3v) is 2.64. The molecule has 0 radical (unpaired) electrons. The van der Waals surface area contributed by atoms with Crippen molar-refractivity contribution >= 4 is 15.9 Å². The van der Waals surface area contributed by atoms with Crippen molar-refractivity contribution in [1.29, 1.82) is 0 Å². The van der Waals surface area contributed by atoms with Crippen LogP contribution in [-0.4, -0.2) is 16.1 Å². The van der Waals surface area contributed by atoms with Crippen molar-refractivity contribution in [2.45, 2.75) is 12.9 Å². The minimum Gasteiger partial charge on any atom is -0.405 e. The van der Waals surface area contributed by atoms with Gasteiger partial charge >= 0.3 is 6.36 Å². The second-order valence-corrected chi connectivity index (χ2v) is 4.42. The van der Waals surface area contributed by atoms with E-state index >= 15 is 0 Å². The van der Waals surface area contributed by atoms with Crippen LogP contribution in [0.5, 0.6) is 5.75 Å². The zero-order valence-corrected chi connectivity index (χ0v) is 10.6. The van der Waals surface area contributed by atoms with Gasteiger partial charge in [0.15, 0.2) is 0 Å². The van der Waals surface area contributed by atoms with Gasteiger partial charge in [0.1, 0.15) is 5.75 Å². The van der Waals surface area contributed by atoms with Gasteiger partial charge < -0.3 is 4.74 Å². The van der Waals surface area contributed by atoms with Crippen molar-refractivity contribution < 1.29 is 17.9 Å². The van der Waals surface area contributed by atoms with Gasteiger partial charge in [-0.3, -0.25) is 4.68 Å². The molecule has 0 amide bonds. The zero-order valence-electron chi connectivity index (χ0n) is 8.99. The van der Waals surface area contributed by atoms with Gasteiger partial charge in [0.05, 0.1) is 6.54 Å². The number of aromatic nitrogens is 2. The first-order valence-corrected chi connectivity index (χ1v) is 5.75. The van der Waals surface area contributed by atoms with Crippen molar-refractivity contribution in [2.75, 3.05) is 0 Å². The Balaban J connectivity index is 2.28. The van der Waals surface area contributed by atoms with Crippen LogP contribution in [0.2, 0.25) is 0 Å². The summed E-state index contributed by atoms with van der Waals surface area (Å²) in [5.74, 6) is -0.229. The smallest absolute Gasteiger partial charge is 0.405 e. The Labute approximate surface area is 109 Å². The van der Waals surface area contributed by atoms with Gasteiger partial charge in [0.25, 0.3) is 0 Å². The number of halogens is 4. The van der Waals surface area contributed by atoms with Gasteiger partial charge in [-0.05, 0) is 18.2 Å². The molecule has 2 aromatic rings. The second kappa shape index (κ2) is 5.01. The Morgan fingerprint density at radius 2 is 2.11 bits per heavy atom. The summed E-state index contributed by atoms with van der Waals surface area (Å²) in [6.07, 6.45) is -1.48. The third kappa shape index (κ3) is 3.49. The number of alkyl halides is 3. The number of benzene rings is 1. The fourth-order valence-corrected chi connectivity index (χ4v) is 1.79. The molecule has 0 N–H and O–H groups in total. The maximum Gasteiger partial charge on any atom is 0.573 e. The van der Waals surface area contributed by atoms with E-state index in [1.165, 1.54) is 10.7 Å². The van der Waals surface area contributed by atoms with E-state index in [-0.39, 0.29) is 12.3 Å². The van der Waals surface area contributed by atoms with Crippen molar-refractivity contribution in [2.24, 2.45) is 0 Å². The molecule has 96 valence electrons. The van der Waals surface area contributed by atoms with Crippen molar-refractivity contribution in [3.63, 3.8) is 0 Å². The van der Waals surface area contributed by atoms with E-state index in [9.17, 15) is 13.2 Å². The molecule has 0 spiro atoms. The highest BCUT2D eigenvalue weighted by Crippen LogP contribution is 2.29. The minimum atomic E-state index is -4.71. The summed E-state index contributed by atoms with van der Waals surface area (Å²) in [6.45, 7) is 0.214. The van der Waals surface area contributed by atoms with Gasteiger partial charge in [-0.15, -0.1) is 13.2 Å². The summed E-state index contributed by atoms with van der Waals surface area (Å²) in [6, 6.07) is 6.20. The lowest BCUT2D eigenvalue weighted by Crippen LogP contribution is -2.18. The van der Waals surface area contributed by atoms with Gasteiger partial charge in [0.2, 0.25) is 0 Å². The van der Waals surface area contributed by atoms with Crippen LogP contribution in [-0.2, 0) is 6.54 Å². The van der Waals surface area contributed by atoms with Gasteiger partial charge in [-0.2, -0.15) is 5.10 Å². The molecule has 1 aromatic carbocycles. The Hall–Kier alpha value is -1.50. The van der Waals surface area contributed by atoms with Crippen molar-refractivity contribution in [1.82, 2.24) is 9.78 Å². The number of hydrogen-bond acceptors (Lipinski definition) is 2. The van der Waals surface area contributed by atoms with E-state index in [4.69, 9.17) is 0 Å². The summed E-state index contributed by atoms with van der Waals surface area (Å²) >= 11 is 3.11. The maximum atomic E-state index is 12.3. The van der Waals surface area contributed by atoms with Crippen LogP contribution < -0.4 is 4.74 Å². The lowest BCUT2D eigenvalue weighted by Gasteiger charge is -2.13. The lowest BCUT2D eigenvalue weighted by molar-refractivity contribution is -0.274. The molecule has 0 aliphatic rings. The monoisotopic (exact) mass is 320 g/mol. The maximum absolute atomic E-state index is 12.3. The molecule has 0 bridgehead atoms. The normalized spacial score (nSPS) is 11.6. The molecule has 18 heavy (non-hydrogen) atoms. The molecule has 3 nitrogen and oxygen atoms in total. The second-order valence-electron chi connectivity index (χ2n) is 3.50. The number of rotatable bonds is 3. The predicted octanol–water partition coefficient (Wildman–Crippen LogP) is 3.59. The van der Waals surface area contributed by atoms with E-state index in [2.05, 4.69) is 25.8 Å². The van der Waals surface area contributed by atoms with Crippen LogP contribution in [0, 0.1) is 0 Å². The topological polar surface area (TPSA) is 27.1 Å². The average molecular weight is 321 g/mol. The molecule has 0 aliphatic carbocycles. The highest BCUT2D eigenvalue weighted by Gasteiger charge is 2.32. The molecule has 0 saturated heterocycles. The molecule has 1 heterocycles. The number of hydrogen-bond donors (Lipinski definition) is 0. The molecule has 1 aromatic heterocycles. The summed E-state index contributed by atoms with van der Waals surface area (Å²) in [4.78, 5) is 0. The largest absolute Gasteiger partial charge is 0.573 e. The summed E-state index contributed by atoms with van der Waals surface area (Å²) in [5.41, 5.74) is 0.402. The van der Waals surface area contributed by atoms with Crippen LogP contribution in [0.1, 0.15) is 5.56 Å². The van der Waals surface area contributed by atoms with Crippen LogP contribution in [0.4, 0.5) is 13.2 Å². The molecule has 0 saturated carbocycles. The standard InChI is InChI=1S/C11H8BrF3N2O/c12-9-3-2-8(7-17-5-1-4-16-17)10(6-9)18-11(13,14)15/h1-6H,7H2. The number of ether oxygens (including phenoxy) is 1. The van der Waals surface area contributed by atoms with Gasteiger partial charge in [-0.25, -0.2) is 0 Å². The van der Waals surface area contributed by atoms with Crippen LogP contribution in [0.15, 0.2) is 41.1 Å².